The third-order valence-electron chi connectivity index (χ3n) is 4.00. The van der Waals surface area contributed by atoms with Crippen LogP contribution in [0.25, 0.3) is 0 Å². The van der Waals surface area contributed by atoms with Crippen LogP contribution in [-0.2, 0) is 4.79 Å². The van der Waals surface area contributed by atoms with Crippen molar-refractivity contribution in [3.8, 4) is 11.5 Å². The SMILES string of the molecule is O=C(O)Nc1cc2c(c(OCCCN3CCCC3)c1)OCC(=O)N2. The molecule has 1 aromatic rings. The van der Waals surface area contributed by atoms with Crippen LogP contribution in [0.5, 0.6) is 11.5 Å². The molecule has 2 aliphatic rings. The maximum atomic E-state index is 11.5. The molecule has 8 nitrogen and oxygen atoms in total. The molecule has 0 atom stereocenters. The van der Waals surface area contributed by atoms with Crippen LogP contribution in [0.4, 0.5) is 16.2 Å². The number of carbonyl (C=O) groups is 2. The van der Waals surface area contributed by atoms with Crippen molar-refractivity contribution in [1.29, 1.82) is 0 Å². The summed E-state index contributed by atoms with van der Waals surface area (Å²) in [5.41, 5.74) is 0.730. The Morgan fingerprint density at radius 3 is 2.92 bits per heavy atom. The molecule has 0 spiro atoms. The van der Waals surface area contributed by atoms with Crippen molar-refractivity contribution in [2.75, 3.05) is 43.5 Å². The van der Waals surface area contributed by atoms with E-state index in [0.717, 1.165) is 26.1 Å². The second-order valence-corrected chi connectivity index (χ2v) is 5.87. The van der Waals surface area contributed by atoms with E-state index in [1.807, 2.05) is 0 Å². The van der Waals surface area contributed by atoms with E-state index in [2.05, 4.69) is 15.5 Å². The molecule has 130 valence electrons. The minimum Gasteiger partial charge on any atom is -0.489 e. The van der Waals surface area contributed by atoms with Gasteiger partial charge in [-0.05, 0) is 38.4 Å². The number of rotatable bonds is 6. The summed E-state index contributed by atoms with van der Waals surface area (Å²) in [4.78, 5) is 24.7. The van der Waals surface area contributed by atoms with Gasteiger partial charge in [-0.15, -0.1) is 0 Å². The van der Waals surface area contributed by atoms with E-state index in [1.165, 1.54) is 18.9 Å². The van der Waals surface area contributed by atoms with Gasteiger partial charge in [-0.25, -0.2) is 4.79 Å². The van der Waals surface area contributed by atoms with E-state index >= 15 is 0 Å². The van der Waals surface area contributed by atoms with Crippen LogP contribution in [-0.4, -0.2) is 54.9 Å². The topological polar surface area (TPSA) is 100 Å². The summed E-state index contributed by atoms with van der Waals surface area (Å²) in [5.74, 6) is 0.583. The number of nitrogens with one attached hydrogen (secondary N) is 2. The van der Waals surface area contributed by atoms with Gasteiger partial charge in [0, 0.05) is 12.6 Å². The Kier molecular flexibility index (Phi) is 5.05. The molecule has 0 aliphatic carbocycles. The van der Waals surface area contributed by atoms with Crippen LogP contribution in [0.3, 0.4) is 0 Å². The van der Waals surface area contributed by atoms with Gasteiger partial charge in [0.05, 0.1) is 18.0 Å². The van der Waals surface area contributed by atoms with E-state index in [-0.39, 0.29) is 12.5 Å². The molecule has 1 fully saturated rings. The van der Waals surface area contributed by atoms with Crippen molar-refractivity contribution in [3.05, 3.63) is 12.1 Å². The van der Waals surface area contributed by atoms with Gasteiger partial charge in [-0.1, -0.05) is 0 Å². The van der Waals surface area contributed by atoms with Gasteiger partial charge in [0.1, 0.15) is 0 Å². The molecular formula is C16H21N3O5. The average Bonchev–Trinajstić information content (AvgIpc) is 3.03. The number of hydrogen-bond acceptors (Lipinski definition) is 5. The summed E-state index contributed by atoms with van der Waals surface area (Å²) in [5, 5.41) is 13.8. The first kappa shape index (κ1) is 16.4. The molecule has 8 heteroatoms. The first-order valence-electron chi connectivity index (χ1n) is 8.07. The van der Waals surface area contributed by atoms with Gasteiger partial charge in [0.15, 0.2) is 18.1 Å². The van der Waals surface area contributed by atoms with Crippen molar-refractivity contribution in [2.45, 2.75) is 19.3 Å². The first-order chi connectivity index (χ1) is 11.6. The van der Waals surface area contributed by atoms with E-state index in [4.69, 9.17) is 14.6 Å². The number of hydrogen-bond donors (Lipinski definition) is 3. The molecule has 0 unspecified atom stereocenters. The molecule has 0 bridgehead atoms. The zero-order chi connectivity index (χ0) is 16.9. The van der Waals surface area contributed by atoms with Crippen LogP contribution in [0, 0.1) is 0 Å². The minimum absolute atomic E-state index is 0.0805. The lowest BCUT2D eigenvalue weighted by Crippen LogP contribution is -2.26. The molecule has 1 saturated heterocycles. The van der Waals surface area contributed by atoms with Crippen LogP contribution >= 0.6 is 0 Å². The number of ether oxygens (including phenoxy) is 2. The fourth-order valence-electron chi connectivity index (χ4n) is 2.95. The summed E-state index contributed by atoms with van der Waals surface area (Å²) < 4.78 is 11.2. The molecule has 2 aliphatic heterocycles. The zero-order valence-corrected chi connectivity index (χ0v) is 13.3. The quantitative estimate of drug-likeness (QED) is 0.687. The Morgan fingerprint density at radius 1 is 1.38 bits per heavy atom. The summed E-state index contributed by atoms with van der Waals surface area (Å²) in [6, 6.07) is 3.08. The predicted molar refractivity (Wildman–Crippen MR) is 88.0 cm³/mol. The zero-order valence-electron chi connectivity index (χ0n) is 13.3. The van der Waals surface area contributed by atoms with Gasteiger partial charge in [0.25, 0.3) is 5.91 Å². The smallest absolute Gasteiger partial charge is 0.409 e. The maximum Gasteiger partial charge on any atom is 0.409 e. The van der Waals surface area contributed by atoms with E-state index < -0.39 is 6.09 Å². The number of benzene rings is 1. The second kappa shape index (κ2) is 7.39. The Balaban J connectivity index is 1.66. The van der Waals surface area contributed by atoms with Crippen LogP contribution in [0.1, 0.15) is 19.3 Å². The standard InChI is InChI=1S/C16H21N3O5/c20-14-10-24-15-12(18-14)8-11(17-16(21)22)9-13(15)23-7-3-6-19-4-1-2-5-19/h8-9,17H,1-7,10H2,(H,18,20)(H,21,22). The molecule has 3 rings (SSSR count). The lowest BCUT2D eigenvalue weighted by atomic mass is 10.2. The Bertz CT molecular complexity index is 628. The lowest BCUT2D eigenvalue weighted by Gasteiger charge is -2.22. The normalized spacial score (nSPS) is 16.9. The molecule has 2 heterocycles. The number of fused-ring (bicyclic) bond motifs is 1. The molecule has 2 amide bonds. The number of amides is 2. The fourth-order valence-corrected chi connectivity index (χ4v) is 2.95. The van der Waals surface area contributed by atoms with Crippen LogP contribution in [0.2, 0.25) is 0 Å². The van der Waals surface area contributed by atoms with Crippen LogP contribution < -0.4 is 20.1 Å². The molecule has 1 aromatic carbocycles. The molecule has 0 radical (unpaired) electrons. The van der Waals surface area contributed by atoms with E-state index in [9.17, 15) is 9.59 Å². The van der Waals surface area contributed by atoms with Gasteiger partial charge in [-0.2, -0.15) is 0 Å². The highest BCUT2D eigenvalue weighted by molar-refractivity contribution is 5.97. The van der Waals surface area contributed by atoms with Crippen molar-refractivity contribution in [2.24, 2.45) is 0 Å². The Morgan fingerprint density at radius 2 is 2.17 bits per heavy atom. The van der Waals surface area contributed by atoms with Crippen molar-refractivity contribution in [1.82, 2.24) is 4.90 Å². The third kappa shape index (κ3) is 4.08. The molecule has 3 N–H and O–H groups in total. The fraction of sp³-hybridized carbons (Fsp3) is 0.500. The summed E-state index contributed by atoms with van der Waals surface area (Å²) in [6.45, 7) is 3.68. The maximum absolute atomic E-state index is 11.5. The Hall–Kier alpha value is -2.48. The molecule has 24 heavy (non-hydrogen) atoms. The highest BCUT2D eigenvalue weighted by Gasteiger charge is 2.22. The monoisotopic (exact) mass is 335 g/mol. The summed E-state index contributed by atoms with van der Waals surface area (Å²) >= 11 is 0. The molecule has 0 saturated carbocycles. The second-order valence-electron chi connectivity index (χ2n) is 5.87. The average molecular weight is 335 g/mol. The number of likely N-dealkylation sites (tertiary alicyclic amines) is 1. The molecule has 0 aromatic heterocycles. The molecular weight excluding hydrogens is 314 g/mol. The van der Waals surface area contributed by atoms with Gasteiger partial charge < -0.3 is 24.8 Å². The van der Waals surface area contributed by atoms with Crippen molar-refractivity contribution in [3.63, 3.8) is 0 Å². The third-order valence-corrected chi connectivity index (χ3v) is 4.00. The largest absolute Gasteiger partial charge is 0.489 e. The predicted octanol–water partition coefficient (Wildman–Crippen LogP) is 1.97. The number of carbonyl (C=O) groups excluding carboxylic acids is 1. The van der Waals surface area contributed by atoms with Gasteiger partial charge in [-0.3, -0.25) is 10.1 Å². The van der Waals surface area contributed by atoms with Gasteiger partial charge in [0.2, 0.25) is 0 Å². The van der Waals surface area contributed by atoms with Crippen molar-refractivity contribution < 1.29 is 24.2 Å². The van der Waals surface area contributed by atoms with E-state index in [1.54, 1.807) is 6.07 Å². The van der Waals surface area contributed by atoms with Gasteiger partial charge >= 0.3 is 6.09 Å². The number of anilines is 2. The lowest BCUT2D eigenvalue weighted by molar-refractivity contribution is -0.118. The first-order valence-corrected chi connectivity index (χ1v) is 8.07. The Labute approximate surface area is 139 Å². The van der Waals surface area contributed by atoms with E-state index in [0.29, 0.717) is 29.5 Å². The van der Waals surface area contributed by atoms with Crippen LogP contribution in [0.15, 0.2) is 12.1 Å². The van der Waals surface area contributed by atoms with Crippen molar-refractivity contribution >= 4 is 23.4 Å². The minimum atomic E-state index is -1.18. The summed E-state index contributed by atoms with van der Waals surface area (Å²) in [6.07, 6.45) is 2.20. The number of nitrogens with zero attached hydrogens (tertiary/aromatic N) is 1. The highest BCUT2D eigenvalue weighted by Crippen LogP contribution is 2.40. The number of carboxylic acid groups (broad SMARTS) is 1. The highest BCUT2D eigenvalue weighted by atomic mass is 16.5. The summed E-state index contributed by atoms with van der Waals surface area (Å²) in [7, 11) is 0.